The summed E-state index contributed by atoms with van der Waals surface area (Å²) in [7, 11) is 0. The molecule has 3 heteroatoms. The van der Waals surface area contributed by atoms with Gasteiger partial charge < -0.3 is 10.6 Å². The fourth-order valence-electron chi connectivity index (χ4n) is 2.55. The number of nitrogens with two attached hydrogens (primary N) is 1. The smallest absolute Gasteiger partial charge is 0.0455 e. The predicted octanol–water partition coefficient (Wildman–Crippen LogP) is 4.31. The van der Waals surface area contributed by atoms with Crippen LogP contribution in [-0.4, -0.2) is 13.1 Å². The van der Waals surface area contributed by atoms with Gasteiger partial charge in [0.2, 0.25) is 0 Å². The van der Waals surface area contributed by atoms with Crippen molar-refractivity contribution in [3.63, 3.8) is 0 Å². The first-order valence-electron chi connectivity index (χ1n) is 7.37. The Hall–Kier alpha value is -1.51. The summed E-state index contributed by atoms with van der Waals surface area (Å²) in [6.45, 7) is 6.71. The molecule has 2 aromatic carbocycles. The third-order valence-corrected chi connectivity index (χ3v) is 3.89. The first-order valence-corrected chi connectivity index (χ1v) is 7.74. The van der Waals surface area contributed by atoms with Crippen LogP contribution in [0.4, 0.5) is 5.69 Å². The average Bonchev–Trinajstić information content (AvgIpc) is 2.44. The molecule has 0 saturated heterocycles. The van der Waals surface area contributed by atoms with Crippen LogP contribution < -0.4 is 10.6 Å². The summed E-state index contributed by atoms with van der Waals surface area (Å²) in [6.07, 6.45) is 0.970. The van der Waals surface area contributed by atoms with Crippen molar-refractivity contribution in [2.24, 2.45) is 5.73 Å². The van der Waals surface area contributed by atoms with Crippen LogP contribution in [0.2, 0.25) is 5.02 Å². The highest BCUT2D eigenvalue weighted by atomic mass is 35.5. The van der Waals surface area contributed by atoms with Crippen molar-refractivity contribution in [2.75, 3.05) is 18.0 Å². The number of aryl methyl sites for hydroxylation is 2. The lowest BCUT2D eigenvalue weighted by molar-refractivity contribution is 0.735. The molecule has 2 aromatic rings. The Balaban J connectivity index is 2.27. The number of rotatable bonds is 6. The normalized spacial score (nSPS) is 10.7. The molecule has 0 saturated carbocycles. The standard InChI is InChI=1S/C18H23ClN2/c1-14-10-15(2)12-17(11-14)21(9-5-8-20)13-16-6-3-4-7-18(16)19/h3-4,6-7,10-12H,5,8-9,13,20H2,1-2H3. The first-order chi connectivity index (χ1) is 10.1. The molecule has 0 amide bonds. The lowest BCUT2D eigenvalue weighted by atomic mass is 10.1. The van der Waals surface area contributed by atoms with E-state index in [1.807, 2.05) is 18.2 Å². The Morgan fingerprint density at radius 1 is 1.05 bits per heavy atom. The zero-order valence-corrected chi connectivity index (χ0v) is 13.5. The van der Waals surface area contributed by atoms with Gasteiger partial charge in [-0.3, -0.25) is 0 Å². The van der Waals surface area contributed by atoms with Crippen LogP contribution in [0.5, 0.6) is 0 Å². The van der Waals surface area contributed by atoms with Gasteiger partial charge in [0.25, 0.3) is 0 Å². The van der Waals surface area contributed by atoms with Gasteiger partial charge in [0, 0.05) is 23.8 Å². The molecule has 21 heavy (non-hydrogen) atoms. The molecule has 112 valence electrons. The lowest BCUT2D eigenvalue weighted by Gasteiger charge is -2.26. The van der Waals surface area contributed by atoms with E-state index in [9.17, 15) is 0 Å². The van der Waals surface area contributed by atoms with Gasteiger partial charge in [-0.15, -0.1) is 0 Å². The summed E-state index contributed by atoms with van der Waals surface area (Å²) in [5.41, 5.74) is 10.6. The number of hydrogen-bond acceptors (Lipinski definition) is 2. The van der Waals surface area contributed by atoms with Crippen molar-refractivity contribution in [1.82, 2.24) is 0 Å². The van der Waals surface area contributed by atoms with Gasteiger partial charge in [0.05, 0.1) is 0 Å². The summed E-state index contributed by atoms with van der Waals surface area (Å²) in [5, 5.41) is 0.819. The van der Waals surface area contributed by atoms with Crippen molar-refractivity contribution in [3.05, 3.63) is 64.2 Å². The van der Waals surface area contributed by atoms with Crippen molar-refractivity contribution in [2.45, 2.75) is 26.8 Å². The summed E-state index contributed by atoms with van der Waals surface area (Å²) < 4.78 is 0. The van der Waals surface area contributed by atoms with Crippen LogP contribution >= 0.6 is 11.6 Å². The molecular weight excluding hydrogens is 280 g/mol. The Labute approximate surface area is 132 Å². The van der Waals surface area contributed by atoms with Gasteiger partial charge >= 0.3 is 0 Å². The number of anilines is 1. The van der Waals surface area contributed by atoms with Crippen LogP contribution in [0.25, 0.3) is 0 Å². The van der Waals surface area contributed by atoms with Crippen molar-refractivity contribution in [3.8, 4) is 0 Å². The van der Waals surface area contributed by atoms with Gasteiger partial charge in [-0.2, -0.15) is 0 Å². The maximum Gasteiger partial charge on any atom is 0.0455 e. The highest BCUT2D eigenvalue weighted by Gasteiger charge is 2.10. The summed E-state index contributed by atoms with van der Waals surface area (Å²) in [5.74, 6) is 0. The van der Waals surface area contributed by atoms with Gasteiger partial charge in [-0.25, -0.2) is 0 Å². The Bertz CT molecular complexity index is 575. The molecule has 0 spiro atoms. The molecular formula is C18H23ClN2. The summed E-state index contributed by atoms with van der Waals surface area (Å²) in [4.78, 5) is 2.36. The van der Waals surface area contributed by atoms with E-state index >= 15 is 0 Å². The van der Waals surface area contributed by atoms with E-state index in [4.69, 9.17) is 17.3 Å². The fourth-order valence-corrected chi connectivity index (χ4v) is 2.74. The van der Waals surface area contributed by atoms with Crippen molar-refractivity contribution >= 4 is 17.3 Å². The fraction of sp³-hybridized carbons (Fsp3) is 0.333. The van der Waals surface area contributed by atoms with Gasteiger partial charge in [-0.1, -0.05) is 35.9 Å². The summed E-state index contributed by atoms with van der Waals surface area (Å²) in [6, 6.07) is 14.7. The third-order valence-electron chi connectivity index (χ3n) is 3.52. The largest absolute Gasteiger partial charge is 0.367 e. The number of nitrogens with zero attached hydrogens (tertiary/aromatic N) is 1. The van der Waals surface area contributed by atoms with Crippen molar-refractivity contribution < 1.29 is 0 Å². The number of halogens is 1. The van der Waals surface area contributed by atoms with E-state index in [2.05, 4.69) is 43.0 Å². The van der Waals surface area contributed by atoms with Crippen LogP contribution in [0.1, 0.15) is 23.1 Å². The minimum absolute atomic E-state index is 0.698. The number of hydrogen-bond donors (Lipinski definition) is 1. The van der Waals surface area contributed by atoms with E-state index in [0.29, 0.717) is 6.54 Å². The summed E-state index contributed by atoms with van der Waals surface area (Å²) >= 11 is 6.30. The van der Waals surface area contributed by atoms with Gasteiger partial charge in [0.1, 0.15) is 0 Å². The molecule has 0 fully saturated rings. The monoisotopic (exact) mass is 302 g/mol. The SMILES string of the molecule is Cc1cc(C)cc(N(CCCN)Cc2ccccc2Cl)c1. The topological polar surface area (TPSA) is 29.3 Å². The first kappa shape index (κ1) is 15.9. The molecule has 0 aliphatic rings. The van der Waals surface area contributed by atoms with Crippen molar-refractivity contribution in [1.29, 1.82) is 0 Å². The van der Waals surface area contributed by atoms with E-state index < -0.39 is 0 Å². The van der Waals surface area contributed by atoms with Crippen LogP contribution in [0.3, 0.4) is 0 Å². The second kappa shape index (κ2) is 7.48. The van der Waals surface area contributed by atoms with E-state index in [1.165, 1.54) is 16.8 Å². The predicted molar refractivity (Wildman–Crippen MR) is 92.1 cm³/mol. The quantitative estimate of drug-likeness (QED) is 0.861. The second-order valence-corrected chi connectivity index (χ2v) is 5.91. The second-order valence-electron chi connectivity index (χ2n) is 5.50. The molecule has 0 aromatic heterocycles. The highest BCUT2D eigenvalue weighted by Crippen LogP contribution is 2.24. The lowest BCUT2D eigenvalue weighted by Crippen LogP contribution is -2.26. The van der Waals surface area contributed by atoms with E-state index in [0.717, 1.165) is 30.1 Å². The molecule has 2 rings (SSSR count). The Morgan fingerprint density at radius 2 is 1.71 bits per heavy atom. The zero-order valence-electron chi connectivity index (χ0n) is 12.8. The number of benzene rings is 2. The maximum absolute atomic E-state index is 6.30. The average molecular weight is 303 g/mol. The van der Waals surface area contributed by atoms with Crippen LogP contribution in [0, 0.1) is 13.8 Å². The third kappa shape index (κ3) is 4.48. The van der Waals surface area contributed by atoms with Gasteiger partial charge in [0.15, 0.2) is 0 Å². The molecule has 0 aliphatic carbocycles. The molecule has 0 aliphatic heterocycles. The maximum atomic E-state index is 6.30. The van der Waals surface area contributed by atoms with Crippen LogP contribution in [-0.2, 0) is 6.54 Å². The highest BCUT2D eigenvalue weighted by molar-refractivity contribution is 6.31. The molecule has 0 unspecified atom stereocenters. The molecule has 2 nitrogen and oxygen atoms in total. The Kier molecular flexibility index (Phi) is 5.66. The molecule has 2 N–H and O–H groups in total. The molecule has 0 heterocycles. The van der Waals surface area contributed by atoms with Crippen LogP contribution in [0.15, 0.2) is 42.5 Å². The van der Waals surface area contributed by atoms with E-state index in [1.54, 1.807) is 0 Å². The zero-order chi connectivity index (χ0) is 15.2. The minimum Gasteiger partial charge on any atom is -0.367 e. The molecule has 0 atom stereocenters. The molecule has 0 bridgehead atoms. The molecule has 0 radical (unpaired) electrons. The van der Waals surface area contributed by atoms with Gasteiger partial charge in [-0.05, 0) is 61.7 Å². The van der Waals surface area contributed by atoms with E-state index in [-0.39, 0.29) is 0 Å². The minimum atomic E-state index is 0.698. The Morgan fingerprint density at radius 3 is 2.33 bits per heavy atom.